The van der Waals surface area contributed by atoms with Crippen LogP contribution in [-0.4, -0.2) is 43.8 Å². The molecular weight excluding hydrogens is 524 g/mol. The normalized spacial score (nSPS) is 14.1. The fraction of sp³-hybridized carbons (Fsp3) is 0.250. The zero-order valence-electron chi connectivity index (χ0n) is 16.7. The Balaban J connectivity index is 2.78. The fourth-order valence-corrected chi connectivity index (χ4v) is 4.03. The molecule has 0 amide bonds. The number of hydrogen-bond acceptors (Lipinski definition) is 4. The Morgan fingerprint density at radius 2 is 1.35 bits per heavy atom. The number of carbonyl (C=O) groups is 1. The van der Waals surface area contributed by atoms with Crippen molar-refractivity contribution in [2.24, 2.45) is 0 Å². The van der Waals surface area contributed by atoms with Gasteiger partial charge < -0.3 is 4.74 Å². The Morgan fingerprint density at radius 3 is 1.79 bits per heavy atom. The van der Waals surface area contributed by atoms with Gasteiger partial charge in [-0.1, -0.05) is 42.5 Å². The second kappa shape index (κ2) is 9.17. The quantitative estimate of drug-likeness (QED) is 0.170. The average molecular weight is 537 g/mol. The monoisotopic (exact) mass is 536 g/mol. The summed E-state index contributed by atoms with van der Waals surface area (Å²) in [6.45, 7) is 0. The van der Waals surface area contributed by atoms with Crippen LogP contribution in [0.3, 0.4) is 0 Å². The molecule has 2 rings (SSSR count). The van der Waals surface area contributed by atoms with Crippen molar-refractivity contribution in [3.63, 3.8) is 0 Å². The number of ketones is 1. The van der Waals surface area contributed by atoms with E-state index in [-0.39, 0.29) is 17.4 Å². The van der Waals surface area contributed by atoms with Gasteiger partial charge in [0.1, 0.15) is 10.7 Å². The predicted octanol–water partition coefficient (Wildman–Crippen LogP) is 6.03. The third-order valence-corrected chi connectivity index (χ3v) is 6.47. The summed E-state index contributed by atoms with van der Waals surface area (Å²) in [5.74, 6) is -15.9. The highest BCUT2D eigenvalue weighted by molar-refractivity contribution is 7.97. The molecule has 0 unspecified atom stereocenters. The van der Waals surface area contributed by atoms with Crippen molar-refractivity contribution in [2.45, 2.75) is 22.5 Å². The topological polar surface area (TPSA) is 60.4 Å². The first-order valence-electron chi connectivity index (χ1n) is 8.82. The second-order valence-electron chi connectivity index (χ2n) is 6.64. The predicted molar refractivity (Wildman–Crippen MR) is 106 cm³/mol. The minimum Gasteiger partial charge on any atom is -0.497 e. The van der Waals surface area contributed by atoms with Crippen molar-refractivity contribution in [2.75, 3.05) is 7.11 Å². The molecule has 0 atom stereocenters. The van der Waals surface area contributed by atoms with Crippen molar-refractivity contribution < 1.29 is 53.1 Å². The molecule has 0 N–H and O–H groups in total. The van der Waals surface area contributed by atoms with Gasteiger partial charge in [0.15, 0.2) is 0 Å². The molecule has 0 spiro atoms. The van der Waals surface area contributed by atoms with Gasteiger partial charge in [-0.15, -0.1) is 0 Å². The maximum absolute atomic E-state index is 14.5. The Morgan fingerprint density at radius 1 is 0.853 bits per heavy atom. The third-order valence-electron chi connectivity index (χ3n) is 4.42. The number of benzene rings is 2. The van der Waals surface area contributed by atoms with E-state index in [0.29, 0.717) is 0 Å². The molecule has 186 valence electrons. The van der Waals surface area contributed by atoms with E-state index in [1.54, 1.807) is 0 Å². The third kappa shape index (κ3) is 4.63. The Labute approximate surface area is 192 Å². The Bertz CT molecular complexity index is 1180. The van der Waals surface area contributed by atoms with E-state index < -0.39 is 48.6 Å². The highest BCUT2D eigenvalue weighted by atomic mass is 35.5. The number of rotatable bonds is 9. The van der Waals surface area contributed by atoms with Crippen LogP contribution in [0, 0.1) is 0 Å². The van der Waals surface area contributed by atoms with Crippen LogP contribution in [0.1, 0.15) is 15.9 Å². The number of ether oxygens (including phenoxy) is 1. The lowest BCUT2D eigenvalue weighted by Crippen LogP contribution is -2.63. The summed E-state index contributed by atoms with van der Waals surface area (Å²) in [5.41, 5.74) is -0.920. The number of allylic oxidation sites excluding steroid dienone is 1. The average Bonchev–Trinajstić information content (AvgIpc) is 2.76. The first-order chi connectivity index (χ1) is 15.4. The van der Waals surface area contributed by atoms with Crippen LogP contribution in [-0.2, 0) is 9.84 Å². The van der Waals surface area contributed by atoms with Gasteiger partial charge in [-0.05, 0) is 35.4 Å². The van der Waals surface area contributed by atoms with E-state index in [4.69, 9.17) is 4.74 Å². The van der Waals surface area contributed by atoms with E-state index in [0.717, 1.165) is 24.3 Å². The molecule has 2 aromatic carbocycles. The molecule has 14 heteroatoms. The molecule has 34 heavy (non-hydrogen) atoms. The van der Waals surface area contributed by atoms with Crippen LogP contribution in [0.25, 0.3) is 6.08 Å². The first kappa shape index (κ1) is 27.6. The number of halogens is 9. The molecular formula is C20H13ClF8O4S. The van der Waals surface area contributed by atoms with E-state index in [1.165, 1.54) is 37.4 Å². The maximum atomic E-state index is 14.5. The van der Waals surface area contributed by atoms with Gasteiger partial charge >= 0.3 is 22.5 Å². The smallest absolute Gasteiger partial charge is 0.418 e. The lowest BCUT2D eigenvalue weighted by molar-refractivity contribution is -0.326. The van der Waals surface area contributed by atoms with Gasteiger partial charge in [0.2, 0.25) is 5.78 Å². The van der Waals surface area contributed by atoms with Crippen molar-refractivity contribution in [3.8, 4) is 5.75 Å². The minimum absolute atomic E-state index is 0.191. The number of sulfone groups is 1. The van der Waals surface area contributed by atoms with Crippen molar-refractivity contribution >= 4 is 33.3 Å². The lowest BCUT2D eigenvalue weighted by atomic mass is 10.1. The second-order valence-corrected chi connectivity index (χ2v) is 9.08. The Kier molecular flexibility index (Phi) is 7.44. The zero-order valence-corrected chi connectivity index (χ0v) is 18.3. The summed E-state index contributed by atoms with van der Waals surface area (Å²) in [5, 5.41) is -13.2. The fourth-order valence-electron chi connectivity index (χ4n) is 2.52. The van der Waals surface area contributed by atoms with E-state index >= 15 is 0 Å². The summed E-state index contributed by atoms with van der Waals surface area (Å²) in [7, 11) is -5.79. The van der Waals surface area contributed by atoms with Crippen molar-refractivity contribution in [3.05, 3.63) is 70.6 Å². The van der Waals surface area contributed by atoms with E-state index in [9.17, 15) is 48.3 Å². The standard InChI is InChI=1S/C20H13ClF8O4S/c1-33-14-9-7-12(8-10-14)11-15(16(30)13-5-3-2-4-6-13)34(31,32)20(28,29)18(24,25)17(22,23)19(21,26)27/h2-11H,1H3/b15-11-. The SMILES string of the molecule is COc1ccc(/C=C(/C(=O)c2ccccc2)S(=O)(=O)C(F)(F)C(F)(F)C(F)(F)C(F)(F)Cl)cc1. The molecule has 0 aliphatic carbocycles. The van der Waals surface area contributed by atoms with E-state index in [2.05, 4.69) is 11.6 Å². The molecule has 0 aliphatic rings. The van der Waals surface area contributed by atoms with Crippen LogP contribution in [0.5, 0.6) is 5.75 Å². The minimum atomic E-state index is -7.24. The summed E-state index contributed by atoms with van der Waals surface area (Å²) >= 11 is 3.88. The molecule has 0 bridgehead atoms. The van der Waals surface area contributed by atoms with Gasteiger partial charge in [0.25, 0.3) is 9.84 Å². The zero-order chi connectivity index (χ0) is 26.2. The summed E-state index contributed by atoms with van der Waals surface area (Å²) < 4.78 is 140. The molecule has 0 saturated heterocycles. The van der Waals surface area contributed by atoms with Crippen LogP contribution in [0.15, 0.2) is 59.5 Å². The van der Waals surface area contributed by atoms with E-state index in [1.807, 2.05) is 0 Å². The summed E-state index contributed by atoms with van der Waals surface area (Å²) in [6, 6.07) is 9.95. The molecule has 4 nitrogen and oxygen atoms in total. The van der Waals surface area contributed by atoms with Gasteiger partial charge in [-0.25, -0.2) is 8.42 Å². The number of hydrogen-bond donors (Lipinski definition) is 0. The number of carbonyl (C=O) groups excluding carboxylic acids is 1. The maximum Gasteiger partial charge on any atom is 0.418 e. The highest BCUT2D eigenvalue weighted by Crippen LogP contribution is 2.56. The number of Topliss-reactive ketones (excluding diaryl/α,β-unsaturated/α-hetero) is 1. The van der Waals surface area contributed by atoms with Gasteiger partial charge in [-0.2, -0.15) is 35.1 Å². The Hall–Kier alpha value is -2.67. The lowest BCUT2D eigenvalue weighted by Gasteiger charge is -2.34. The molecule has 0 radical (unpaired) electrons. The molecule has 0 fully saturated rings. The van der Waals surface area contributed by atoms with Gasteiger partial charge in [0, 0.05) is 5.56 Å². The van der Waals surface area contributed by atoms with Crippen LogP contribution in [0.2, 0.25) is 0 Å². The van der Waals surface area contributed by atoms with Gasteiger partial charge in [0.05, 0.1) is 7.11 Å². The summed E-state index contributed by atoms with van der Waals surface area (Å²) in [4.78, 5) is 10.7. The molecule has 0 aliphatic heterocycles. The number of methoxy groups -OCH3 is 1. The van der Waals surface area contributed by atoms with Crippen molar-refractivity contribution in [1.29, 1.82) is 0 Å². The number of alkyl halides is 9. The van der Waals surface area contributed by atoms with Crippen LogP contribution in [0.4, 0.5) is 35.1 Å². The largest absolute Gasteiger partial charge is 0.497 e. The summed E-state index contributed by atoms with van der Waals surface area (Å²) in [6.07, 6.45) is 0.213. The first-order valence-corrected chi connectivity index (χ1v) is 10.7. The molecule has 2 aromatic rings. The van der Waals surface area contributed by atoms with Crippen LogP contribution < -0.4 is 4.74 Å². The highest BCUT2D eigenvalue weighted by Gasteiger charge is 2.84. The van der Waals surface area contributed by atoms with Crippen molar-refractivity contribution in [1.82, 2.24) is 0 Å². The molecule has 0 saturated carbocycles. The molecule has 0 aromatic heterocycles. The van der Waals surface area contributed by atoms with Gasteiger partial charge in [-0.3, -0.25) is 4.79 Å². The molecule has 0 heterocycles. The van der Waals surface area contributed by atoms with Crippen LogP contribution >= 0.6 is 11.6 Å².